The van der Waals surface area contributed by atoms with E-state index in [4.69, 9.17) is 5.11 Å². The molecule has 8 heteroatoms. The minimum Gasteiger partial charge on any atom is -0.481 e. The number of nitrogens with zero attached hydrogens (tertiary/aromatic N) is 1. The summed E-state index contributed by atoms with van der Waals surface area (Å²) in [5.74, 6) is -1.67. The van der Waals surface area contributed by atoms with Crippen molar-refractivity contribution in [1.82, 2.24) is 4.90 Å². The minimum atomic E-state index is -3.42. The van der Waals surface area contributed by atoms with E-state index in [0.29, 0.717) is 24.1 Å². The third-order valence-corrected chi connectivity index (χ3v) is 7.20. The van der Waals surface area contributed by atoms with Gasteiger partial charge in [-0.15, -0.1) is 0 Å². The molecule has 0 aliphatic heterocycles. The SMILES string of the molecule is Cc1ccc(NC(=O)N(C)CC(C)C(=O)O)cc1S(=O)(=O)C1CCCC1. The predicted octanol–water partition coefficient (Wildman–Crippen LogP) is 2.90. The number of urea groups is 1. The first kappa shape index (κ1) is 20.2. The van der Waals surface area contributed by atoms with Gasteiger partial charge in [-0.25, -0.2) is 13.2 Å². The van der Waals surface area contributed by atoms with E-state index in [1.807, 2.05) is 0 Å². The van der Waals surface area contributed by atoms with Crippen LogP contribution in [0.5, 0.6) is 0 Å². The third kappa shape index (κ3) is 4.55. The lowest BCUT2D eigenvalue weighted by atomic mass is 10.2. The molecule has 1 aliphatic rings. The van der Waals surface area contributed by atoms with Crippen LogP contribution in [0.15, 0.2) is 23.1 Å². The van der Waals surface area contributed by atoms with Gasteiger partial charge in [0, 0.05) is 19.3 Å². The molecule has 2 N–H and O–H groups in total. The summed E-state index contributed by atoms with van der Waals surface area (Å²) in [7, 11) is -1.92. The zero-order valence-corrected chi connectivity index (χ0v) is 16.2. The number of benzene rings is 1. The second-order valence-corrected chi connectivity index (χ2v) is 9.18. The first-order valence-corrected chi connectivity index (χ1v) is 10.3. The molecule has 0 saturated heterocycles. The summed E-state index contributed by atoms with van der Waals surface area (Å²) in [4.78, 5) is 24.7. The fourth-order valence-electron chi connectivity index (χ4n) is 3.15. The topological polar surface area (TPSA) is 104 Å². The lowest BCUT2D eigenvalue weighted by molar-refractivity contribution is -0.141. The van der Waals surface area contributed by atoms with Crippen LogP contribution in [0, 0.1) is 12.8 Å². The van der Waals surface area contributed by atoms with E-state index in [1.54, 1.807) is 19.1 Å². The van der Waals surface area contributed by atoms with Crippen molar-refractivity contribution in [3.05, 3.63) is 23.8 Å². The van der Waals surface area contributed by atoms with Gasteiger partial charge in [-0.1, -0.05) is 25.8 Å². The third-order valence-electron chi connectivity index (χ3n) is 4.80. The Labute approximate surface area is 154 Å². The number of anilines is 1. The summed E-state index contributed by atoms with van der Waals surface area (Å²) in [6.07, 6.45) is 3.19. The Morgan fingerprint density at radius 3 is 2.50 bits per heavy atom. The summed E-state index contributed by atoms with van der Waals surface area (Å²) in [5.41, 5.74) is 1.04. The fourth-order valence-corrected chi connectivity index (χ4v) is 5.27. The molecule has 7 nitrogen and oxygen atoms in total. The van der Waals surface area contributed by atoms with E-state index < -0.39 is 27.8 Å². The maximum atomic E-state index is 12.9. The molecule has 1 unspecified atom stereocenters. The predicted molar refractivity (Wildman–Crippen MR) is 99.1 cm³/mol. The zero-order chi connectivity index (χ0) is 19.5. The molecular formula is C18H26N2O5S. The van der Waals surface area contributed by atoms with E-state index in [2.05, 4.69) is 5.32 Å². The van der Waals surface area contributed by atoms with Crippen LogP contribution in [0.1, 0.15) is 38.2 Å². The Kier molecular flexibility index (Phi) is 6.28. The number of carbonyl (C=O) groups is 2. The van der Waals surface area contributed by atoms with Crippen LogP contribution in [0.2, 0.25) is 0 Å². The molecule has 2 amide bonds. The second kappa shape index (κ2) is 8.07. The summed E-state index contributed by atoms with van der Waals surface area (Å²) in [5, 5.41) is 11.2. The average molecular weight is 382 g/mol. The Morgan fingerprint density at radius 1 is 1.31 bits per heavy atom. The van der Waals surface area contributed by atoms with Crippen molar-refractivity contribution in [2.75, 3.05) is 18.9 Å². The molecule has 0 heterocycles. The Hall–Kier alpha value is -2.09. The molecule has 26 heavy (non-hydrogen) atoms. The lowest BCUT2D eigenvalue weighted by Crippen LogP contribution is -2.36. The molecule has 144 valence electrons. The van der Waals surface area contributed by atoms with Gasteiger partial charge in [0.05, 0.1) is 16.1 Å². The highest BCUT2D eigenvalue weighted by Gasteiger charge is 2.31. The lowest BCUT2D eigenvalue weighted by Gasteiger charge is -2.21. The molecule has 1 fully saturated rings. The first-order chi connectivity index (χ1) is 12.1. The number of carboxylic acids is 1. The molecule has 1 saturated carbocycles. The van der Waals surface area contributed by atoms with Crippen LogP contribution in [-0.4, -0.2) is 49.3 Å². The van der Waals surface area contributed by atoms with Gasteiger partial charge in [0.25, 0.3) is 0 Å². The number of carboxylic acid groups (broad SMARTS) is 1. The number of aliphatic carboxylic acids is 1. The van der Waals surface area contributed by atoms with Gasteiger partial charge >= 0.3 is 12.0 Å². The molecule has 1 atom stereocenters. The number of nitrogens with one attached hydrogen (secondary N) is 1. The van der Waals surface area contributed by atoms with Gasteiger partial charge in [0.1, 0.15) is 0 Å². The largest absolute Gasteiger partial charge is 0.481 e. The standard InChI is InChI=1S/C18H26N2O5S/c1-12-8-9-14(19-18(23)20(3)11-13(2)17(21)22)10-16(12)26(24,25)15-6-4-5-7-15/h8-10,13,15H,4-7,11H2,1-3H3,(H,19,23)(H,21,22). The molecule has 1 aliphatic carbocycles. The van der Waals surface area contributed by atoms with Crippen molar-refractivity contribution in [3.63, 3.8) is 0 Å². The van der Waals surface area contributed by atoms with Gasteiger partial charge in [0.2, 0.25) is 0 Å². The van der Waals surface area contributed by atoms with Crippen molar-refractivity contribution in [3.8, 4) is 0 Å². The van der Waals surface area contributed by atoms with Gasteiger partial charge < -0.3 is 15.3 Å². The fraction of sp³-hybridized carbons (Fsp3) is 0.556. The Balaban J connectivity index is 2.16. The summed E-state index contributed by atoms with van der Waals surface area (Å²) in [6, 6.07) is 4.34. The van der Waals surface area contributed by atoms with Gasteiger partial charge in [0.15, 0.2) is 9.84 Å². The molecular weight excluding hydrogens is 356 g/mol. The number of sulfone groups is 1. The summed E-state index contributed by atoms with van der Waals surface area (Å²) >= 11 is 0. The van der Waals surface area contributed by atoms with Crippen molar-refractivity contribution in [2.24, 2.45) is 5.92 Å². The monoisotopic (exact) mass is 382 g/mol. The Morgan fingerprint density at radius 2 is 1.92 bits per heavy atom. The van der Waals surface area contributed by atoms with Crippen LogP contribution < -0.4 is 5.32 Å². The first-order valence-electron chi connectivity index (χ1n) is 8.72. The van der Waals surface area contributed by atoms with Crippen LogP contribution in [-0.2, 0) is 14.6 Å². The van der Waals surface area contributed by atoms with E-state index >= 15 is 0 Å². The van der Waals surface area contributed by atoms with Gasteiger partial charge in [-0.2, -0.15) is 0 Å². The molecule has 1 aromatic rings. The van der Waals surface area contributed by atoms with Crippen molar-refractivity contribution in [1.29, 1.82) is 0 Å². The minimum absolute atomic E-state index is 0.0558. The highest BCUT2D eigenvalue weighted by Crippen LogP contribution is 2.32. The maximum Gasteiger partial charge on any atom is 0.321 e. The molecule has 0 radical (unpaired) electrons. The van der Waals surface area contributed by atoms with Crippen LogP contribution in [0.4, 0.5) is 10.5 Å². The number of amides is 2. The highest BCUT2D eigenvalue weighted by molar-refractivity contribution is 7.92. The number of hydrogen-bond donors (Lipinski definition) is 2. The number of carbonyl (C=O) groups excluding carboxylic acids is 1. The Bertz CT molecular complexity index is 785. The second-order valence-electron chi connectivity index (χ2n) is 6.98. The van der Waals surface area contributed by atoms with Crippen molar-refractivity contribution < 1.29 is 23.1 Å². The molecule has 1 aromatic carbocycles. The van der Waals surface area contributed by atoms with Crippen LogP contribution >= 0.6 is 0 Å². The average Bonchev–Trinajstić information content (AvgIpc) is 3.11. The number of hydrogen-bond acceptors (Lipinski definition) is 4. The molecule has 2 rings (SSSR count). The molecule has 0 aromatic heterocycles. The summed E-state index contributed by atoms with van der Waals surface area (Å²) in [6.45, 7) is 3.32. The zero-order valence-electron chi connectivity index (χ0n) is 15.4. The van der Waals surface area contributed by atoms with Gasteiger partial charge in [-0.05, 0) is 37.5 Å². The number of rotatable bonds is 6. The highest BCUT2D eigenvalue weighted by atomic mass is 32.2. The van der Waals surface area contributed by atoms with Crippen molar-refractivity contribution >= 4 is 27.5 Å². The van der Waals surface area contributed by atoms with E-state index in [1.165, 1.54) is 24.9 Å². The van der Waals surface area contributed by atoms with Crippen molar-refractivity contribution in [2.45, 2.75) is 49.7 Å². The maximum absolute atomic E-state index is 12.9. The smallest absolute Gasteiger partial charge is 0.321 e. The van der Waals surface area contributed by atoms with E-state index in [9.17, 15) is 18.0 Å². The van der Waals surface area contributed by atoms with Gasteiger partial charge in [-0.3, -0.25) is 4.79 Å². The van der Waals surface area contributed by atoms with E-state index in [-0.39, 0.29) is 16.7 Å². The van der Waals surface area contributed by atoms with Crippen LogP contribution in [0.3, 0.4) is 0 Å². The number of aryl methyl sites for hydroxylation is 1. The quantitative estimate of drug-likeness (QED) is 0.787. The van der Waals surface area contributed by atoms with E-state index in [0.717, 1.165) is 12.8 Å². The molecule has 0 bridgehead atoms. The normalized spacial score (nSPS) is 16.3. The van der Waals surface area contributed by atoms with Crippen LogP contribution in [0.25, 0.3) is 0 Å². The molecule has 0 spiro atoms. The summed E-state index contributed by atoms with van der Waals surface area (Å²) < 4.78 is 25.7.